The summed E-state index contributed by atoms with van der Waals surface area (Å²) >= 11 is 0. The Kier molecular flexibility index (Phi) is 4.13. The molecule has 1 amide bonds. The van der Waals surface area contributed by atoms with E-state index in [1.165, 1.54) is 0 Å². The molecule has 0 unspecified atom stereocenters. The van der Waals surface area contributed by atoms with Gasteiger partial charge in [0.1, 0.15) is 5.82 Å². The fourth-order valence-electron chi connectivity index (χ4n) is 1.91. The molecule has 0 aliphatic rings. The lowest BCUT2D eigenvalue weighted by molar-refractivity contribution is 0.102. The summed E-state index contributed by atoms with van der Waals surface area (Å²) in [6.07, 6.45) is 1.60. The second-order valence-electron chi connectivity index (χ2n) is 5.21. The number of aromatic nitrogens is 2. The van der Waals surface area contributed by atoms with Gasteiger partial charge in [-0.15, -0.1) is 0 Å². The van der Waals surface area contributed by atoms with Crippen molar-refractivity contribution in [1.29, 1.82) is 0 Å². The highest BCUT2D eigenvalue weighted by atomic mass is 16.1. The minimum atomic E-state index is -0.177. The first-order valence-corrected chi connectivity index (χ1v) is 6.69. The second kappa shape index (κ2) is 5.82. The van der Waals surface area contributed by atoms with Gasteiger partial charge in [0.25, 0.3) is 5.91 Å². The summed E-state index contributed by atoms with van der Waals surface area (Å²) in [7, 11) is 0. The summed E-state index contributed by atoms with van der Waals surface area (Å²) < 4.78 is 0. The lowest BCUT2D eigenvalue weighted by Crippen LogP contribution is -2.15. The van der Waals surface area contributed by atoms with Gasteiger partial charge in [-0.3, -0.25) is 4.79 Å². The summed E-state index contributed by atoms with van der Waals surface area (Å²) in [6, 6.07) is 7.69. The van der Waals surface area contributed by atoms with E-state index in [2.05, 4.69) is 15.3 Å². The van der Waals surface area contributed by atoms with Crippen LogP contribution in [0, 0.1) is 13.8 Å². The SMILES string of the molecule is Cc1cccc(NC(=O)c2cnc(C(C)C)nc2C)c1. The van der Waals surface area contributed by atoms with Crippen LogP contribution in [0.1, 0.15) is 47.2 Å². The summed E-state index contributed by atoms with van der Waals surface area (Å²) in [5, 5.41) is 2.87. The third-order valence-corrected chi connectivity index (χ3v) is 3.03. The molecule has 4 heteroatoms. The molecule has 0 atom stereocenters. The van der Waals surface area contributed by atoms with Gasteiger partial charge in [0.05, 0.1) is 11.3 Å². The zero-order valence-corrected chi connectivity index (χ0v) is 12.3. The Bertz CT molecular complexity index is 635. The van der Waals surface area contributed by atoms with Gasteiger partial charge in [0, 0.05) is 17.8 Å². The molecule has 2 aromatic rings. The molecule has 0 saturated carbocycles. The van der Waals surface area contributed by atoms with Gasteiger partial charge in [-0.2, -0.15) is 0 Å². The van der Waals surface area contributed by atoms with Crippen LogP contribution >= 0.6 is 0 Å². The van der Waals surface area contributed by atoms with Crippen LogP contribution in [0.15, 0.2) is 30.5 Å². The topological polar surface area (TPSA) is 54.9 Å². The van der Waals surface area contributed by atoms with Crippen molar-refractivity contribution in [2.45, 2.75) is 33.6 Å². The van der Waals surface area contributed by atoms with E-state index < -0.39 is 0 Å². The molecule has 1 heterocycles. The van der Waals surface area contributed by atoms with Gasteiger partial charge in [0.2, 0.25) is 0 Å². The van der Waals surface area contributed by atoms with E-state index in [-0.39, 0.29) is 11.8 Å². The van der Waals surface area contributed by atoms with E-state index in [9.17, 15) is 4.79 Å². The van der Waals surface area contributed by atoms with E-state index in [1.54, 1.807) is 6.20 Å². The molecule has 1 aromatic carbocycles. The summed E-state index contributed by atoms with van der Waals surface area (Å²) in [5.74, 6) is 0.834. The minimum absolute atomic E-state index is 0.177. The standard InChI is InChI=1S/C16H19N3O/c1-10(2)15-17-9-14(12(4)18-15)16(20)19-13-7-5-6-11(3)8-13/h5-10H,1-4H3,(H,19,20). The zero-order valence-electron chi connectivity index (χ0n) is 12.3. The number of carbonyl (C=O) groups is 1. The third kappa shape index (κ3) is 3.20. The Morgan fingerprint density at radius 2 is 2.00 bits per heavy atom. The van der Waals surface area contributed by atoms with Crippen molar-refractivity contribution in [3.8, 4) is 0 Å². The minimum Gasteiger partial charge on any atom is -0.322 e. The Balaban J connectivity index is 2.21. The summed E-state index contributed by atoms with van der Waals surface area (Å²) in [5.41, 5.74) is 3.10. The van der Waals surface area contributed by atoms with Crippen LogP contribution in [0.25, 0.3) is 0 Å². The van der Waals surface area contributed by atoms with Gasteiger partial charge in [-0.1, -0.05) is 26.0 Å². The van der Waals surface area contributed by atoms with E-state index in [0.717, 1.165) is 17.1 Å². The van der Waals surface area contributed by atoms with Crippen molar-refractivity contribution < 1.29 is 4.79 Å². The Labute approximate surface area is 119 Å². The van der Waals surface area contributed by atoms with Crippen LogP contribution in [0.4, 0.5) is 5.69 Å². The maximum atomic E-state index is 12.2. The molecule has 0 fully saturated rings. The van der Waals surface area contributed by atoms with Crippen LogP contribution < -0.4 is 5.32 Å². The van der Waals surface area contributed by atoms with Gasteiger partial charge in [-0.25, -0.2) is 9.97 Å². The number of rotatable bonds is 3. The molecular weight excluding hydrogens is 250 g/mol. The fourth-order valence-corrected chi connectivity index (χ4v) is 1.91. The van der Waals surface area contributed by atoms with Crippen molar-refractivity contribution in [2.24, 2.45) is 0 Å². The molecule has 0 bridgehead atoms. The summed E-state index contributed by atoms with van der Waals surface area (Å²) in [6.45, 7) is 7.88. The lowest BCUT2D eigenvalue weighted by Gasteiger charge is -2.10. The predicted molar refractivity (Wildman–Crippen MR) is 80.0 cm³/mol. The predicted octanol–water partition coefficient (Wildman–Crippen LogP) is 3.47. The molecular formula is C16H19N3O. The number of hydrogen-bond acceptors (Lipinski definition) is 3. The smallest absolute Gasteiger partial charge is 0.259 e. The first-order chi connectivity index (χ1) is 9.47. The average Bonchev–Trinajstić information content (AvgIpc) is 2.38. The van der Waals surface area contributed by atoms with Crippen LogP contribution in [0.2, 0.25) is 0 Å². The van der Waals surface area contributed by atoms with Crippen molar-refractivity contribution in [3.63, 3.8) is 0 Å². The highest BCUT2D eigenvalue weighted by Gasteiger charge is 2.13. The number of benzene rings is 1. The van der Waals surface area contributed by atoms with Crippen molar-refractivity contribution >= 4 is 11.6 Å². The maximum Gasteiger partial charge on any atom is 0.259 e. The van der Waals surface area contributed by atoms with E-state index in [0.29, 0.717) is 11.3 Å². The first kappa shape index (κ1) is 14.2. The monoisotopic (exact) mass is 269 g/mol. The molecule has 4 nitrogen and oxygen atoms in total. The van der Waals surface area contributed by atoms with Crippen molar-refractivity contribution in [2.75, 3.05) is 5.32 Å². The molecule has 1 N–H and O–H groups in total. The molecule has 0 aliphatic carbocycles. The van der Waals surface area contributed by atoms with Gasteiger partial charge >= 0.3 is 0 Å². The largest absolute Gasteiger partial charge is 0.322 e. The third-order valence-electron chi connectivity index (χ3n) is 3.03. The molecule has 20 heavy (non-hydrogen) atoms. The number of aryl methyl sites for hydroxylation is 2. The van der Waals surface area contributed by atoms with E-state index in [4.69, 9.17) is 0 Å². The van der Waals surface area contributed by atoms with Crippen LogP contribution in [-0.4, -0.2) is 15.9 Å². The number of nitrogens with one attached hydrogen (secondary N) is 1. The van der Waals surface area contributed by atoms with Crippen LogP contribution in [-0.2, 0) is 0 Å². The molecule has 0 saturated heterocycles. The number of hydrogen-bond donors (Lipinski definition) is 1. The number of amides is 1. The quantitative estimate of drug-likeness (QED) is 0.928. The van der Waals surface area contributed by atoms with Gasteiger partial charge < -0.3 is 5.32 Å². The number of carbonyl (C=O) groups excluding carboxylic acids is 1. The lowest BCUT2D eigenvalue weighted by atomic mass is 10.1. The highest BCUT2D eigenvalue weighted by molar-refractivity contribution is 6.04. The van der Waals surface area contributed by atoms with Crippen LogP contribution in [0.3, 0.4) is 0 Å². The number of nitrogens with zero attached hydrogens (tertiary/aromatic N) is 2. The number of anilines is 1. The molecule has 104 valence electrons. The van der Waals surface area contributed by atoms with E-state index in [1.807, 2.05) is 52.0 Å². The van der Waals surface area contributed by atoms with Gasteiger partial charge in [0.15, 0.2) is 0 Å². The Morgan fingerprint density at radius 3 is 2.60 bits per heavy atom. The molecule has 2 rings (SSSR count). The molecule has 0 aliphatic heterocycles. The van der Waals surface area contributed by atoms with Crippen LogP contribution in [0.5, 0.6) is 0 Å². The van der Waals surface area contributed by atoms with Crippen molar-refractivity contribution in [1.82, 2.24) is 9.97 Å². The molecule has 1 aromatic heterocycles. The van der Waals surface area contributed by atoms with E-state index >= 15 is 0 Å². The maximum absolute atomic E-state index is 12.2. The Hall–Kier alpha value is -2.23. The van der Waals surface area contributed by atoms with Gasteiger partial charge in [-0.05, 0) is 31.5 Å². The highest BCUT2D eigenvalue weighted by Crippen LogP contribution is 2.14. The molecule has 0 radical (unpaired) electrons. The first-order valence-electron chi connectivity index (χ1n) is 6.69. The summed E-state index contributed by atoms with van der Waals surface area (Å²) in [4.78, 5) is 20.9. The normalized spacial score (nSPS) is 10.7. The zero-order chi connectivity index (χ0) is 14.7. The fraction of sp³-hybridized carbons (Fsp3) is 0.312. The van der Waals surface area contributed by atoms with Crippen molar-refractivity contribution in [3.05, 3.63) is 53.1 Å². The average molecular weight is 269 g/mol. The molecule has 0 spiro atoms. The Morgan fingerprint density at radius 1 is 1.25 bits per heavy atom. The second-order valence-corrected chi connectivity index (χ2v) is 5.21.